The Balaban J connectivity index is 1.60. The van der Waals surface area contributed by atoms with E-state index in [2.05, 4.69) is 19.8 Å². The number of carbonyl (C=O) groups is 1. The van der Waals surface area contributed by atoms with E-state index in [0.717, 1.165) is 50.9 Å². The van der Waals surface area contributed by atoms with E-state index in [1.165, 1.54) is 19.4 Å². The minimum absolute atomic E-state index is 0.282. The van der Waals surface area contributed by atoms with E-state index in [1.807, 2.05) is 20.2 Å². The Morgan fingerprint density at radius 1 is 1.28 bits per heavy atom. The molecule has 4 rings (SSSR count). The number of fused-ring (bicyclic) bond motifs is 1. The van der Waals surface area contributed by atoms with Gasteiger partial charge in [-0.3, -0.25) is 4.79 Å². The molecule has 3 fully saturated rings. The molecule has 3 aliphatic rings. The summed E-state index contributed by atoms with van der Waals surface area (Å²) in [6.07, 6.45) is 8.41. The number of carbonyl (C=O) groups excluding carboxylic acids is 1. The highest BCUT2D eigenvalue weighted by molar-refractivity contribution is 5.84. The van der Waals surface area contributed by atoms with E-state index in [9.17, 15) is 4.79 Å². The predicted molar refractivity (Wildman–Crippen MR) is 97.3 cm³/mol. The first-order chi connectivity index (χ1) is 12.1. The maximum atomic E-state index is 13.2. The third-order valence-electron chi connectivity index (χ3n) is 6.15. The van der Waals surface area contributed by atoms with Crippen LogP contribution < -0.4 is 4.90 Å². The van der Waals surface area contributed by atoms with E-state index in [1.54, 1.807) is 17.3 Å². The summed E-state index contributed by atoms with van der Waals surface area (Å²) in [5.74, 6) is 2.29. The fourth-order valence-corrected chi connectivity index (χ4v) is 4.74. The fourth-order valence-electron chi connectivity index (χ4n) is 4.74. The minimum Gasteiger partial charge on any atom is -0.348 e. The molecule has 1 saturated carbocycles. The summed E-state index contributed by atoms with van der Waals surface area (Å²) in [6.45, 7) is 5.00. The molecule has 0 radical (unpaired) electrons. The van der Waals surface area contributed by atoms with Crippen LogP contribution in [-0.4, -0.2) is 72.5 Å². The average Bonchev–Trinajstić information content (AvgIpc) is 3.38. The quantitative estimate of drug-likeness (QED) is 0.829. The molecule has 1 aromatic heterocycles. The maximum Gasteiger partial charge on any atom is 0.230 e. The second-order valence-electron chi connectivity index (χ2n) is 8.29. The van der Waals surface area contributed by atoms with Gasteiger partial charge in [-0.2, -0.15) is 0 Å². The largest absolute Gasteiger partial charge is 0.348 e. The summed E-state index contributed by atoms with van der Waals surface area (Å²) in [5, 5.41) is 0. The van der Waals surface area contributed by atoms with Crippen molar-refractivity contribution >= 4 is 11.9 Å². The summed E-state index contributed by atoms with van der Waals surface area (Å²) in [6, 6.07) is 1.84. The summed E-state index contributed by atoms with van der Waals surface area (Å²) >= 11 is 0. The normalized spacial score (nSPS) is 30.0. The molecule has 0 aromatic carbocycles. The van der Waals surface area contributed by atoms with Crippen LogP contribution >= 0.6 is 0 Å². The zero-order valence-corrected chi connectivity index (χ0v) is 15.4. The number of likely N-dealkylation sites (tertiary alicyclic amines) is 1. The highest BCUT2D eigenvalue weighted by atomic mass is 16.2. The zero-order chi connectivity index (χ0) is 17.4. The molecule has 0 bridgehead atoms. The first kappa shape index (κ1) is 16.8. The molecule has 6 nitrogen and oxygen atoms in total. The molecule has 2 atom stereocenters. The Morgan fingerprint density at radius 2 is 2.04 bits per heavy atom. The van der Waals surface area contributed by atoms with Crippen molar-refractivity contribution < 1.29 is 4.79 Å². The summed E-state index contributed by atoms with van der Waals surface area (Å²) in [7, 11) is 3.78. The molecule has 0 unspecified atom stereocenters. The molecule has 3 heterocycles. The van der Waals surface area contributed by atoms with Gasteiger partial charge in [-0.05, 0) is 44.2 Å². The van der Waals surface area contributed by atoms with E-state index in [-0.39, 0.29) is 11.3 Å². The van der Waals surface area contributed by atoms with Crippen molar-refractivity contribution in [2.24, 2.45) is 17.3 Å². The number of amides is 1. The van der Waals surface area contributed by atoms with Gasteiger partial charge in [-0.15, -0.1) is 0 Å². The van der Waals surface area contributed by atoms with Gasteiger partial charge in [0.25, 0.3) is 0 Å². The van der Waals surface area contributed by atoms with Crippen molar-refractivity contribution in [3.05, 3.63) is 18.5 Å². The van der Waals surface area contributed by atoms with Crippen LogP contribution in [0.2, 0.25) is 0 Å². The van der Waals surface area contributed by atoms with Gasteiger partial charge in [0.1, 0.15) is 0 Å². The van der Waals surface area contributed by atoms with Crippen LogP contribution in [0.1, 0.15) is 25.7 Å². The number of nitrogens with zero attached hydrogens (tertiary/aromatic N) is 5. The van der Waals surface area contributed by atoms with Crippen LogP contribution in [0.4, 0.5) is 5.95 Å². The fraction of sp³-hybridized carbons (Fsp3) is 0.737. The summed E-state index contributed by atoms with van der Waals surface area (Å²) in [5.41, 5.74) is -0.291. The molecule has 0 spiro atoms. The van der Waals surface area contributed by atoms with Crippen molar-refractivity contribution in [3.8, 4) is 0 Å². The first-order valence-corrected chi connectivity index (χ1v) is 9.54. The second kappa shape index (κ2) is 6.56. The molecule has 1 aromatic rings. The van der Waals surface area contributed by atoms with Gasteiger partial charge in [-0.1, -0.05) is 0 Å². The van der Waals surface area contributed by atoms with Crippen molar-refractivity contribution in [1.82, 2.24) is 19.8 Å². The SMILES string of the molecule is CN(C)C(=O)[C@]12CCCN(CC3CC3)C[C@H]1CN(c1ncccn1)C2. The Labute approximate surface area is 150 Å². The van der Waals surface area contributed by atoms with Crippen molar-refractivity contribution in [3.63, 3.8) is 0 Å². The predicted octanol–water partition coefficient (Wildman–Crippen LogP) is 1.49. The van der Waals surface area contributed by atoms with E-state index in [4.69, 9.17) is 0 Å². The molecule has 2 saturated heterocycles. The third kappa shape index (κ3) is 3.24. The minimum atomic E-state index is -0.291. The van der Waals surface area contributed by atoms with E-state index in [0.29, 0.717) is 5.92 Å². The van der Waals surface area contributed by atoms with Gasteiger partial charge in [0.15, 0.2) is 0 Å². The Morgan fingerprint density at radius 3 is 2.72 bits per heavy atom. The molecule has 6 heteroatoms. The van der Waals surface area contributed by atoms with Crippen LogP contribution in [0.3, 0.4) is 0 Å². The molecule has 0 N–H and O–H groups in total. The summed E-state index contributed by atoms with van der Waals surface area (Å²) < 4.78 is 0. The standard InChI is InChI=1S/C19H29N5O/c1-22(2)17(25)19-7-3-10-23(11-15-5-6-15)12-16(19)13-24(14-19)18-20-8-4-9-21-18/h4,8-9,15-16H,3,5-7,10-14H2,1-2H3/t16-,19-/m0/s1. The highest BCUT2D eigenvalue weighted by Gasteiger charge is 2.54. The van der Waals surface area contributed by atoms with Gasteiger partial charge in [0, 0.05) is 58.6 Å². The molecule has 1 amide bonds. The van der Waals surface area contributed by atoms with Gasteiger partial charge in [0.05, 0.1) is 5.41 Å². The van der Waals surface area contributed by atoms with Crippen molar-refractivity contribution in [1.29, 1.82) is 0 Å². The molecule has 25 heavy (non-hydrogen) atoms. The number of rotatable bonds is 4. The lowest BCUT2D eigenvalue weighted by atomic mass is 9.74. The number of hydrogen-bond donors (Lipinski definition) is 0. The van der Waals surface area contributed by atoms with Gasteiger partial charge in [-0.25, -0.2) is 9.97 Å². The van der Waals surface area contributed by atoms with E-state index < -0.39 is 0 Å². The average molecular weight is 343 g/mol. The Hall–Kier alpha value is -1.69. The lowest BCUT2D eigenvalue weighted by molar-refractivity contribution is -0.141. The van der Waals surface area contributed by atoms with Crippen molar-refractivity contribution in [2.75, 3.05) is 51.7 Å². The van der Waals surface area contributed by atoms with Gasteiger partial charge in [0.2, 0.25) is 11.9 Å². The van der Waals surface area contributed by atoms with Crippen LogP contribution in [-0.2, 0) is 4.79 Å². The number of hydrogen-bond acceptors (Lipinski definition) is 5. The lowest BCUT2D eigenvalue weighted by Gasteiger charge is -2.34. The number of aromatic nitrogens is 2. The van der Waals surface area contributed by atoms with Crippen LogP contribution in [0.25, 0.3) is 0 Å². The summed E-state index contributed by atoms with van der Waals surface area (Å²) in [4.78, 5) is 28.7. The van der Waals surface area contributed by atoms with E-state index >= 15 is 0 Å². The molecular formula is C19H29N5O. The number of anilines is 1. The third-order valence-corrected chi connectivity index (χ3v) is 6.15. The zero-order valence-electron chi connectivity index (χ0n) is 15.4. The second-order valence-corrected chi connectivity index (χ2v) is 8.29. The lowest BCUT2D eigenvalue weighted by Crippen LogP contribution is -2.47. The first-order valence-electron chi connectivity index (χ1n) is 9.54. The van der Waals surface area contributed by atoms with Crippen LogP contribution in [0, 0.1) is 17.3 Å². The molecular weight excluding hydrogens is 314 g/mol. The van der Waals surface area contributed by atoms with Gasteiger partial charge < -0.3 is 14.7 Å². The molecule has 136 valence electrons. The smallest absolute Gasteiger partial charge is 0.230 e. The van der Waals surface area contributed by atoms with Crippen LogP contribution in [0.5, 0.6) is 0 Å². The Kier molecular flexibility index (Phi) is 4.40. The topological polar surface area (TPSA) is 52.6 Å². The maximum absolute atomic E-state index is 13.2. The monoisotopic (exact) mass is 343 g/mol. The Bertz CT molecular complexity index is 618. The highest BCUT2D eigenvalue weighted by Crippen LogP contribution is 2.45. The molecule has 2 aliphatic heterocycles. The van der Waals surface area contributed by atoms with Gasteiger partial charge >= 0.3 is 0 Å². The van der Waals surface area contributed by atoms with Crippen molar-refractivity contribution in [2.45, 2.75) is 25.7 Å². The molecule has 1 aliphatic carbocycles. The van der Waals surface area contributed by atoms with Crippen LogP contribution in [0.15, 0.2) is 18.5 Å².